The van der Waals surface area contributed by atoms with Gasteiger partial charge in [0.1, 0.15) is 0 Å². The summed E-state index contributed by atoms with van der Waals surface area (Å²) in [6.07, 6.45) is 20.9. The van der Waals surface area contributed by atoms with Crippen LogP contribution in [0.3, 0.4) is 0 Å². The van der Waals surface area contributed by atoms with Crippen molar-refractivity contribution in [3.05, 3.63) is 78.1 Å². The Morgan fingerprint density at radius 2 is 1.29 bits per heavy atom. The molecule has 4 aromatic rings. The molecule has 3 fully saturated rings. The molecular weight excluding hydrogens is 643 g/mol. The number of nitrogens with two attached hydrogens (primary N) is 1. The van der Waals surface area contributed by atoms with Crippen molar-refractivity contribution in [2.24, 2.45) is 5.73 Å². The molecule has 0 spiro atoms. The minimum Gasteiger partial charge on any atom is -0.365 e. The maximum absolute atomic E-state index is 6.21. The quantitative estimate of drug-likeness (QED) is 0.0901. The van der Waals surface area contributed by atoms with Crippen molar-refractivity contribution in [1.82, 2.24) is 29.3 Å². The predicted octanol–water partition coefficient (Wildman–Crippen LogP) is 7.85. The molecule has 7 rings (SSSR count). The molecule has 0 unspecified atom stereocenters. The molecule has 0 amide bonds. The van der Waals surface area contributed by atoms with Crippen molar-refractivity contribution < 1.29 is 0 Å². The predicted molar refractivity (Wildman–Crippen MR) is 215 cm³/mol. The number of benzene rings is 2. The molecule has 0 atom stereocenters. The molecule has 0 bridgehead atoms. The molecule has 52 heavy (non-hydrogen) atoms. The SMILES string of the molecule is NC1CCC(Nc2nc(NC3CCN(CCN(CCCCc4ccccc4)CCCCc4ccccc4)CC3)c3ncn(C4CCCC4)c3n2)CC1. The zero-order valence-electron chi connectivity index (χ0n) is 31.5. The lowest BCUT2D eigenvalue weighted by Gasteiger charge is -2.34. The van der Waals surface area contributed by atoms with Crippen LogP contribution in [0.1, 0.15) is 107 Å². The third-order valence-electron chi connectivity index (χ3n) is 12.0. The van der Waals surface area contributed by atoms with Crippen LogP contribution in [-0.4, -0.2) is 86.7 Å². The summed E-state index contributed by atoms with van der Waals surface area (Å²) in [5.41, 5.74) is 11.0. The Hall–Kier alpha value is -3.53. The number of imidazole rings is 1. The molecule has 4 N–H and O–H groups in total. The highest BCUT2D eigenvalue weighted by Gasteiger charge is 2.26. The highest BCUT2D eigenvalue weighted by atomic mass is 15.2. The molecule has 2 aliphatic carbocycles. The van der Waals surface area contributed by atoms with E-state index in [2.05, 4.69) is 85.7 Å². The van der Waals surface area contributed by atoms with Crippen molar-refractivity contribution in [2.75, 3.05) is 49.9 Å². The number of hydrogen-bond donors (Lipinski definition) is 3. The molecule has 2 aromatic heterocycles. The van der Waals surface area contributed by atoms with E-state index < -0.39 is 0 Å². The number of hydrogen-bond acceptors (Lipinski definition) is 8. The highest BCUT2D eigenvalue weighted by molar-refractivity contribution is 5.84. The molecule has 3 aliphatic rings. The number of unbranched alkanes of at least 4 members (excludes halogenated alkanes) is 2. The summed E-state index contributed by atoms with van der Waals surface area (Å²) in [5, 5.41) is 7.56. The lowest BCUT2D eigenvalue weighted by atomic mass is 9.92. The average Bonchev–Trinajstić information content (AvgIpc) is 3.87. The minimum atomic E-state index is 0.325. The maximum Gasteiger partial charge on any atom is 0.227 e. The average molecular weight is 706 g/mol. The number of aromatic nitrogens is 4. The summed E-state index contributed by atoms with van der Waals surface area (Å²) in [4.78, 5) is 20.5. The second kappa shape index (κ2) is 19.0. The number of nitrogens with zero attached hydrogens (tertiary/aromatic N) is 6. The van der Waals surface area contributed by atoms with E-state index >= 15 is 0 Å². The van der Waals surface area contributed by atoms with E-state index in [1.54, 1.807) is 0 Å². The van der Waals surface area contributed by atoms with Crippen molar-refractivity contribution in [1.29, 1.82) is 0 Å². The van der Waals surface area contributed by atoms with Gasteiger partial charge >= 0.3 is 0 Å². The van der Waals surface area contributed by atoms with Crippen LogP contribution < -0.4 is 16.4 Å². The maximum atomic E-state index is 6.21. The second-order valence-corrected chi connectivity index (χ2v) is 15.9. The van der Waals surface area contributed by atoms with Crippen LogP contribution in [0.4, 0.5) is 11.8 Å². The number of piperidine rings is 1. The van der Waals surface area contributed by atoms with Crippen molar-refractivity contribution in [2.45, 2.75) is 127 Å². The first kappa shape index (κ1) is 36.8. The molecule has 1 aliphatic heterocycles. The summed E-state index contributed by atoms with van der Waals surface area (Å²) in [5.74, 6) is 1.63. The molecule has 280 valence electrons. The fourth-order valence-electron chi connectivity index (χ4n) is 8.71. The van der Waals surface area contributed by atoms with E-state index in [1.165, 1.54) is 88.4 Å². The molecule has 3 heterocycles. The fourth-order valence-corrected chi connectivity index (χ4v) is 8.71. The monoisotopic (exact) mass is 706 g/mol. The van der Waals surface area contributed by atoms with Crippen LogP contribution >= 0.6 is 0 Å². The van der Waals surface area contributed by atoms with E-state index in [0.29, 0.717) is 24.2 Å². The van der Waals surface area contributed by atoms with Crippen LogP contribution in [0.2, 0.25) is 0 Å². The van der Waals surface area contributed by atoms with Gasteiger partial charge in [0.2, 0.25) is 5.95 Å². The first-order chi connectivity index (χ1) is 25.7. The first-order valence-electron chi connectivity index (χ1n) is 20.7. The lowest BCUT2D eigenvalue weighted by molar-refractivity contribution is 0.173. The van der Waals surface area contributed by atoms with E-state index in [1.807, 2.05) is 6.33 Å². The normalized spacial score (nSPS) is 20.6. The third-order valence-corrected chi connectivity index (χ3v) is 12.0. The molecule has 2 saturated carbocycles. The summed E-state index contributed by atoms with van der Waals surface area (Å²) in [7, 11) is 0. The van der Waals surface area contributed by atoms with Crippen LogP contribution in [0.15, 0.2) is 67.0 Å². The summed E-state index contributed by atoms with van der Waals surface area (Å²) < 4.78 is 2.33. The third kappa shape index (κ3) is 10.5. The van der Waals surface area contributed by atoms with Crippen LogP contribution in [0.5, 0.6) is 0 Å². The Balaban J connectivity index is 0.922. The largest absolute Gasteiger partial charge is 0.365 e. The van der Waals surface area contributed by atoms with Gasteiger partial charge in [-0.15, -0.1) is 0 Å². The van der Waals surface area contributed by atoms with E-state index in [-0.39, 0.29) is 0 Å². The number of fused-ring (bicyclic) bond motifs is 1. The first-order valence-corrected chi connectivity index (χ1v) is 20.7. The smallest absolute Gasteiger partial charge is 0.227 e. The van der Waals surface area contributed by atoms with E-state index in [0.717, 1.165) is 87.6 Å². The number of nitrogens with one attached hydrogen (secondary N) is 2. The number of rotatable bonds is 18. The fraction of sp³-hybridized carbons (Fsp3) is 0.605. The van der Waals surface area contributed by atoms with Gasteiger partial charge in [0.05, 0.1) is 6.33 Å². The zero-order valence-corrected chi connectivity index (χ0v) is 31.5. The Labute approximate surface area is 312 Å². The van der Waals surface area contributed by atoms with Gasteiger partial charge in [-0.1, -0.05) is 73.5 Å². The van der Waals surface area contributed by atoms with Gasteiger partial charge in [-0.05, 0) is 114 Å². The standard InChI is InChI=1S/C43H63N9/c44-36-21-23-37(24-22-36)47-43-48-41(40-42(49-43)52(33-45-40)39-19-7-8-20-39)46-38-25-29-51(30-26-38)32-31-50(27-11-9-17-34-13-3-1-4-14-34)28-12-10-18-35-15-5-2-6-16-35/h1-6,13-16,33,36-39H,7-12,17-32,44H2,(H2,46,47,48,49). The molecule has 1 saturated heterocycles. The Bertz CT molecular complexity index is 1560. The summed E-state index contributed by atoms with van der Waals surface area (Å²) in [6, 6.07) is 23.5. The topological polar surface area (TPSA) is 100 Å². The lowest BCUT2D eigenvalue weighted by Crippen LogP contribution is -2.43. The highest BCUT2D eigenvalue weighted by Crippen LogP contribution is 2.34. The second-order valence-electron chi connectivity index (χ2n) is 15.9. The number of anilines is 2. The Kier molecular flexibility index (Phi) is 13.4. The van der Waals surface area contributed by atoms with Gasteiger partial charge in [0.15, 0.2) is 17.0 Å². The van der Waals surface area contributed by atoms with Gasteiger partial charge in [-0.3, -0.25) is 0 Å². The molecule has 0 radical (unpaired) electrons. The van der Waals surface area contributed by atoms with Gasteiger partial charge < -0.3 is 30.7 Å². The van der Waals surface area contributed by atoms with Gasteiger partial charge in [0.25, 0.3) is 0 Å². The Morgan fingerprint density at radius 3 is 1.92 bits per heavy atom. The molecular formula is C43H63N9. The summed E-state index contributed by atoms with van der Waals surface area (Å²) >= 11 is 0. The number of likely N-dealkylation sites (tertiary alicyclic amines) is 1. The van der Waals surface area contributed by atoms with Gasteiger partial charge in [-0.2, -0.15) is 9.97 Å². The van der Waals surface area contributed by atoms with Crippen LogP contribution in [-0.2, 0) is 12.8 Å². The molecule has 9 nitrogen and oxygen atoms in total. The minimum absolute atomic E-state index is 0.325. The summed E-state index contributed by atoms with van der Waals surface area (Å²) in [6.45, 7) is 6.92. The van der Waals surface area contributed by atoms with Gasteiger partial charge in [0, 0.05) is 50.3 Å². The van der Waals surface area contributed by atoms with Crippen molar-refractivity contribution >= 4 is 22.9 Å². The molecule has 9 heteroatoms. The van der Waals surface area contributed by atoms with Crippen LogP contribution in [0, 0.1) is 0 Å². The molecule has 2 aromatic carbocycles. The van der Waals surface area contributed by atoms with E-state index in [4.69, 9.17) is 20.7 Å². The van der Waals surface area contributed by atoms with Crippen molar-refractivity contribution in [3.63, 3.8) is 0 Å². The van der Waals surface area contributed by atoms with E-state index in [9.17, 15) is 0 Å². The van der Waals surface area contributed by atoms with Crippen molar-refractivity contribution in [3.8, 4) is 0 Å². The number of aryl methyl sites for hydroxylation is 2. The van der Waals surface area contributed by atoms with Gasteiger partial charge in [-0.25, -0.2) is 4.98 Å². The Morgan fingerprint density at radius 1 is 0.673 bits per heavy atom. The zero-order chi connectivity index (χ0) is 35.4. The van der Waals surface area contributed by atoms with Crippen LogP contribution in [0.25, 0.3) is 11.2 Å².